The number of thiophene rings is 1. The normalized spacial score (nSPS) is 15.3. The lowest BCUT2D eigenvalue weighted by Crippen LogP contribution is -2.41. The molecule has 1 aromatic carbocycles. The Morgan fingerprint density at radius 2 is 1.82 bits per heavy atom. The van der Waals surface area contributed by atoms with E-state index < -0.39 is 31.2 Å². The fourth-order valence-electron chi connectivity index (χ4n) is 4.86. The van der Waals surface area contributed by atoms with Crippen LogP contribution in [0.15, 0.2) is 33.9 Å². The average molecular weight is 591 g/mol. The van der Waals surface area contributed by atoms with E-state index in [1.165, 1.54) is 15.9 Å². The van der Waals surface area contributed by atoms with E-state index in [4.69, 9.17) is 29.7 Å². The summed E-state index contributed by atoms with van der Waals surface area (Å²) in [5, 5.41) is 0.293. The fourth-order valence-corrected chi connectivity index (χ4v) is 7.59. The molecule has 40 heavy (non-hydrogen) atoms. The maximum absolute atomic E-state index is 14.1. The van der Waals surface area contributed by atoms with Gasteiger partial charge in [0.2, 0.25) is 0 Å². The van der Waals surface area contributed by atoms with Crippen molar-refractivity contribution in [1.29, 1.82) is 0 Å². The van der Waals surface area contributed by atoms with Crippen LogP contribution in [0.2, 0.25) is 0 Å². The summed E-state index contributed by atoms with van der Waals surface area (Å²) in [5.74, 6) is 3.23. The summed E-state index contributed by atoms with van der Waals surface area (Å²) < 4.78 is 44.4. The van der Waals surface area contributed by atoms with Gasteiger partial charge in [-0.3, -0.25) is 13.9 Å². The van der Waals surface area contributed by atoms with Crippen LogP contribution in [0.3, 0.4) is 0 Å². The molecule has 1 atom stereocenters. The summed E-state index contributed by atoms with van der Waals surface area (Å²) in [6.07, 6.45) is 5.95. The molecule has 1 fully saturated rings. The standard InChI is InChI=1S/C28H35N2O8PS/c1-6-24-19(4)25-26(31)30(18-39(33,36-7-2)37-8-3)28(32)29(27(25)40-24)17-23(38-20-13-15-35-16-14-20)21-11-9-10-12-22(21)34-5/h1,9-12,20,23H,7-8,13-18H2,2-5H3/t23-/m0/s1. The van der Waals surface area contributed by atoms with Gasteiger partial charge in [-0.2, -0.15) is 0 Å². The predicted octanol–water partition coefficient (Wildman–Crippen LogP) is 4.68. The topological polar surface area (TPSA) is 107 Å². The lowest BCUT2D eigenvalue weighted by molar-refractivity contribution is -0.0753. The van der Waals surface area contributed by atoms with Gasteiger partial charge in [-0.15, -0.1) is 17.8 Å². The molecule has 0 N–H and O–H groups in total. The first kappa shape index (κ1) is 30.3. The van der Waals surface area contributed by atoms with Crippen LogP contribution in [0.5, 0.6) is 5.75 Å². The smallest absolute Gasteiger partial charge is 0.350 e. The van der Waals surface area contributed by atoms with Crippen LogP contribution in [0, 0.1) is 19.3 Å². The highest BCUT2D eigenvalue weighted by Crippen LogP contribution is 2.49. The maximum atomic E-state index is 14.1. The van der Waals surface area contributed by atoms with Crippen LogP contribution in [-0.2, 0) is 35.9 Å². The molecule has 0 aliphatic carbocycles. The summed E-state index contributed by atoms with van der Waals surface area (Å²) in [6, 6.07) is 7.47. The third-order valence-corrected chi connectivity index (χ3v) is 9.93. The largest absolute Gasteiger partial charge is 0.496 e. The van der Waals surface area contributed by atoms with Gasteiger partial charge in [0.15, 0.2) is 0 Å². The summed E-state index contributed by atoms with van der Waals surface area (Å²) in [5.41, 5.74) is 0.0913. The van der Waals surface area contributed by atoms with E-state index in [9.17, 15) is 14.2 Å². The highest BCUT2D eigenvalue weighted by atomic mass is 32.1. The fraction of sp³-hybridized carbons (Fsp3) is 0.500. The summed E-state index contributed by atoms with van der Waals surface area (Å²) in [7, 11) is -2.22. The monoisotopic (exact) mass is 590 g/mol. The molecule has 0 spiro atoms. The highest BCUT2D eigenvalue weighted by molar-refractivity contribution is 7.52. The van der Waals surface area contributed by atoms with E-state index in [1.807, 2.05) is 24.3 Å². The zero-order chi connectivity index (χ0) is 28.9. The minimum Gasteiger partial charge on any atom is -0.496 e. The molecule has 10 nitrogen and oxygen atoms in total. The second-order valence-electron chi connectivity index (χ2n) is 9.27. The Kier molecular flexibility index (Phi) is 10.1. The molecule has 3 heterocycles. The molecule has 4 rings (SSSR count). The number of rotatable bonds is 12. The number of hydrogen-bond donors (Lipinski definition) is 0. The van der Waals surface area contributed by atoms with E-state index in [-0.39, 0.29) is 25.9 Å². The number of terminal acetylenes is 1. The second kappa shape index (κ2) is 13.3. The molecule has 3 aromatic rings. The molecule has 2 aromatic heterocycles. The van der Waals surface area contributed by atoms with E-state index in [0.717, 1.165) is 10.1 Å². The van der Waals surface area contributed by atoms with Crippen molar-refractivity contribution in [2.45, 2.75) is 58.7 Å². The third-order valence-electron chi connectivity index (χ3n) is 6.75. The molecular formula is C28H35N2O8PS. The van der Waals surface area contributed by atoms with Gasteiger partial charge < -0.3 is 23.3 Å². The molecular weight excluding hydrogens is 555 g/mol. The van der Waals surface area contributed by atoms with Gasteiger partial charge in [0.25, 0.3) is 5.56 Å². The van der Waals surface area contributed by atoms with Crippen molar-refractivity contribution in [3.8, 4) is 18.1 Å². The lowest BCUT2D eigenvalue weighted by atomic mass is 10.1. The van der Waals surface area contributed by atoms with Crippen molar-refractivity contribution in [2.75, 3.05) is 33.5 Å². The van der Waals surface area contributed by atoms with Crippen molar-refractivity contribution < 1.29 is 27.8 Å². The molecule has 0 radical (unpaired) electrons. The van der Waals surface area contributed by atoms with Crippen molar-refractivity contribution >= 4 is 29.1 Å². The lowest BCUT2D eigenvalue weighted by Gasteiger charge is -2.29. The highest BCUT2D eigenvalue weighted by Gasteiger charge is 2.31. The Labute approximate surface area is 237 Å². The van der Waals surface area contributed by atoms with E-state index in [0.29, 0.717) is 52.5 Å². The first-order valence-electron chi connectivity index (χ1n) is 13.2. The van der Waals surface area contributed by atoms with Crippen LogP contribution >= 0.6 is 18.9 Å². The third kappa shape index (κ3) is 6.28. The van der Waals surface area contributed by atoms with Crippen LogP contribution in [0.25, 0.3) is 10.2 Å². The van der Waals surface area contributed by atoms with Gasteiger partial charge in [0.05, 0.1) is 43.2 Å². The molecule has 1 saturated heterocycles. The molecule has 216 valence electrons. The number of ether oxygens (including phenoxy) is 3. The van der Waals surface area contributed by atoms with Gasteiger partial charge in [-0.05, 0) is 45.2 Å². The minimum atomic E-state index is -3.79. The van der Waals surface area contributed by atoms with Gasteiger partial charge in [-0.25, -0.2) is 9.36 Å². The van der Waals surface area contributed by atoms with Crippen LogP contribution in [0.1, 0.15) is 48.8 Å². The first-order chi connectivity index (χ1) is 19.3. The van der Waals surface area contributed by atoms with Gasteiger partial charge >= 0.3 is 13.3 Å². The van der Waals surface area contributed by atoms with Crippen LogP contribution < -0.4 is 16.0 Å². The SMILES string of the molecule is C#Cc1sc2c(c1C)c(=O)n(CP(=O)(OCC)OCC)c(=O)n2C[C@H](OC1CCOCC1)c1ccccc1OC. The molecule has 12 heteroatoms. The predicted molar refractivity (Wildman–Crippen MR) is 155 cm³/mol. The van der Waals surface area contributed by atoms with Crippen molar-refractivity contribution in [2.24, 2.45) is 0 Å². The maximum Gasteiger partial charge on any atom is 0.350 e. The Morgan fingerprint density at radius 3 is 2.45 bits per heavy atom. The Balaban J connectivity index is 1.91. The zero-order valence-corrected chi connectivity index (χ0v) is 24.9. The number of para-hydroxylation sites is 1. The van der Waals surface area contributed by atoms with Crippen molar-refractivity contribution in [1.82, 2.24) is 9.13 Å². The van der Waals surface area contributed by atoms with E-state index in [1.54, 1.807) is 27.9 Å². The molecule has 0 bridgehead atoms. The Bertz CT molecular complexity index is 1540. The number of fused-ring (bicyclic) bond motifs is 1. The Hall–Kier alpha value is -2.71. The quantitative estimate of drug-likeness (QED) is 0.221. The molecule has 0 saturated carbocycles. The van der Waals surface area contributed by atoms with Gasteiger partial charge in [-0.1, -0.05) is 24.1 Å². The number of nitrogens with zero attached hydrogens (tertiary/aromatic N) is 2. The summed E-state index contributed by atoms with van der Waals surface area (Å²) >= 11 is 1.19. The van der Waals surface area contributed by atoms with Crippen molar-refractivity contribution in [3.05, 3.63) is 61.1 Å². The number of benzene rings is 1. The number of hydrogen-bond acceptors (Lipinski definition) is 9. The number of methoxy groups -OCH3 is 1. The van der Waals surface area contributed by atoms with Crippen LogP contribution in [0.4, 0.5) is 0 Å². The van der Waals surface area contributed by atoms with Crippen LogP contribution in [-0.4, -0.2) is 48.8 Å². The first-order valence-corrected chi connectivity index (χ1v) is 15.8. The molecule has 1 aliphatic heterocycles. The number of aromatic nitrogens is 2. The Morgan fingerprint density at radius 1 is 1.15 bits per heavy atom. The van der Waals surface area contributed by atoms with Gasteiger partial charge in [0, 0.05) is 18.8 Å². The molecule has 0 unspecified atom stereocenters. The summed E-state index contributed by atoms with van der Waals surface area (Å²) in [6.45, 7) is 6.50. The minimum absolute atomic E-state index is 0.0604. The average Bonchev–Trinajstić information content (AvgIpc) is 3.29. The second-order valence-corrected chi connectivity index (χ2v) is 12.3. The summed E-state index contributed by atoms with van der Waals surface area (Å²) in [4.78, 5) is 28.7. The number of aryl methyl sites for hydroxylation is 1. The van der Waals surface area contributed by atoms with Crippen molar-refractivity contribution in [3.63, 3.8) is 0 Å². The van der Waals surface area contributed by atoms with E-state index >= 15 is 0 Å². The zero-order valence-electron chi connectivity index (χ0n) is 23.2. The molecule has 0 amide bonds. The van der Waals surface area contributed by atoms with Gasteiger partial charge in [0.1, 0.15) is 23.0 Å². The van der Waals surface area contributed by atoms with E-state index in [2.05, 4.69) is 5.92 Å². The molecule has 1 aliphatic rings.